The number of nitrogens with zero attached hydrogens (tertiary/aromatic N) is 4. The average Bonchev–Trinajstić information content (AvgIpc) is 3.37. The number of hydrogen-bond donors (Lipinski definition) is 1. The second-order valence-electron chi connectivity index (χ2n) is 7.56. The lowest BCUT2D eigenvalue weighted by Gasteiger charge is -2.23. The minimum Gasteiger partial charge on any atom is -0.364 e. The molecule has 2 aliphatic heterocycles. The second kappa shape index (κ2) is 6.81. The van der Waals surface area contributed by atoms with Gasteiger partial charge in [0.25, 0.3) is 0 Å². The first-order valence-electron chi connectivity index (χ1n) is 9.48. The SMILES string of the molecule is C#C[C@H]1O[C@@H](n2cnc3c(NCc4ccccc4)ncnc32)[C@H]2OC(C)(C)O[C@@H]21. The fourth-order valence-corrected chi connectivity index (χ4v) is 3.88. The van der Waals surface area contributed by atoms with E-state index in [-0.39, 0.29) is 12.2 Å². The molecule has 8 heteroatoms. The van der Waals surface area contributed by atoms with Gasteiger partial charge in [-0.25, -0.2) is 15.0 Å². The molecule has 0 saturated carbocycles. The molecule has 0 amide bonds. The zero-order valence-corrected chi connectivity index (χ0v) is 16.1. The quantitative estimate of drug-likeness (QED) is 0.684. The van der Waals surface area contributed by atoms with Gasteiger partial charge in [0.2, 0.25) is 0 Å². The lowest BCUT2D eigenvalue weighted by molar-refractivity contribution is -0.190. The van der Waals surface area contributed by atoms with Crippen LogP contribution in [-0.4, -0.2) is 43.6 Å². The third kappa shape index (κ3) is 3.13. The van der Waals surface area contributed by atoms with E-state index >= 15 is 0 Å². The summed E-state index contributed by atoms with van der Waals surface area (Å²) in [6.45, 7) is 4.38. The van der Waals surface area contributed by atoms with Crippen LogP contribution in [0.3, 0.4) is 0 Å². The first-order valence-corrected chi connectivity index (χ1v) is 9.48. The van der Waals surface area contributed by atoms with Gasteiger partial charge in [-0.15, -0.1) is 6.42 Å². The zero-order chi connectivity index (χ0) is 20.0. The number of imidazole rings is 1. The van der Waals surface area contributed by atoms with Crippen molar-refractivity contribution in [1.82, 2.24) is 19.5 Å². The molecule has 1 aromatic carbocycles. The second-order valence-corrected chi connectivity index (χ2v) is 7.56. The molecule has 0 aliphatic carbocycles. The first-order chi connectivity index (χ1) is 14.1. The molecule has 1 N–H and O–H groups in total. The highest BCUT2D eigenvalue weighted by atomic mass is 16.8. The Morgan fingerprint density at radius 3 is 2.72 bits per heavy atom. The Morgan fingerprint density at radius 1 is 1.14 bits per heavy atom. The van der Waals surface area contributed by atoms with Gasteiger partial charge in [0.15, 0.2) is 29.0 Å². The maximum absolute atomic E-state index is 6.08. The summed E-state index contributed by atoms with van der Waals surface area (Å²) in [5.41, 5.74) is 2.45. The molecular formula is C21H21N5O3. The van der Waals surface area contributed by atoms with E-state index in [0.717, 1.165) is 5.56 Å². The monoisotopic (exact) mass is 391 g/mol. The van der Waals surface area contributed by atoms with Crippen LogP contribution in [0.2, 0.25) is 0 Å². The van der Waals surface area contributed by atoms with Crippen LogP contribution in [-0.2, 0) is 20.8 Å². The molecule has 5 rings (SSSR count). The summed E-state index contributed by atoms with van der Waals surface area (Å²) in [4.78, 5) is 13.3. The summed E-state index contributed by atoms with van der Waals surface area (Å²) in [7, 11) is 0. The Hall–Kier alpha value is -2.99. The summed E-state index contributed by atoms with van der Waals surface area (Å²) >= 11 is 0. The highest BCUT2D eigenvalue weighted by molar-refractivity contribution is 5.82. The van der Waals surface area contributed by atoms with Gasteiger partial charge in [-0.3, -0.25) is 4.57 Å². The molecule has 148 valence electrons. The van der Waals surface area contributed by atoms with E-state index in [4.69, 9.17) is 20.6 Å². The van der Waals surface area contributed by atoms with Crippen LogP contribution in [0.5, 0.6) is 0 Å². The van der Waals surface area contributed by atoms with Crippen molar-refractivity contribution < 1.29 is 14.2 Å². The van der Waals surface area contributed by atoms with Gasteiger partial charge in [0.05, 0.1) is 6.33 Å². The predicted molar refractivity (Wildman–Crippen MR) is 106 cm³/mol. The smallest absolute Gasteiger partial charge is 0.167 e. The highest BCUT2D eigenvalue weighted by Gasteiger charge is 2.55. The Labute approximate surface area is 168 Å². The largest absolute Gasteiger partial charge is 0.364 e. The number of nitrogens with one attached hydrogen (secondary N) is 1. The van der Waals surface area contributed by atoms with E-state index in [2.05, 4.69) is 38.3 Å². The number of terminal acetylenes is 1. The fraction of sp³-hybridized carbons (Fsp3) is 0.381. The van der Waals surface area contributed by atoms with Crippen LogP contribution in [0, 0.1) is 12.3 Å². The summed E-state index contributed by atoms with van der Waals surface area (Å²) in [5.74, 6) is 2.59. The predicted octanol–water partition coefficient (Wildman–Crippen LogP) is 2.49. The van der Waals surface area contributed by atoms with E-state index in [1.54, 1.807) is 6.33 Å². The number of rotatable bonds is 4. The molecule has 0 spiro atoms. The van der Waals surface area contributed by atoms with Crippen molar-refractivity contribution in [3.05, 3.63) is 48.5 Å². The molecule has 29 heavy (non-hydrogen) atoms. The van der Waals surface area contributed by atoms with Crippen LogP contribution >= 0.6 is 0 Å². The third-order valence-electron chi connectivity index (χ3n) is 5.13. The Balaban J connectivity index is 1.45. The molecule has 2 aliphatic rings. The van der Waals surface area contributed by atoms with Crippen LogP contribution in [0.25, 0.3) is 11.2 Å². The van der Waals surface area contributed by atoms with Crippen molar-refractivity contribution in [3.63, 3.8) is 0 Å². The summed E-state index contributed by atoms with van der Waals surface area (Å²) in [6, 6.07) is 10.1. The van der Waals surface area contributed by atoms with Gasteiger partial charge < -0.3 is 19.5 Å². The number of hydrogen-bond acceptors (Lipinski definition) is 7. The molecular weight excluding hydrogens is 370 g/mol. The van der Waals surface area contributed by atoms with Crippen LogP contribution in [0.1, 0.15) is 25.6 Å². The minimum absolute atomic E-state index is 0.338. The molecule has 0 bridgehead atoms. The van der Waals surface area contributed by atoms with Crippen LogP contribution < -0.4 is 5.32 Å². The van der Waals surface area contributed by atoms with E-state index in [1.165, 1.54) is 6.33 Å². The topological polar surface area (TPSA) is 83.3 Å². The number of ether oxygens (including phenoxy) is 3. The van der Waals surface area contributed by atoms with Gasteiger partial charge in [-0.05, 0) is 19.4 Å². The standard InChI is InChI=1S/C21H21N5O3/c1-4-14-16-17(29-21(2,3)28-16)20(27-14)26-12-25-15-18(23-11-24-19(15)26)22-10-13-8-6-5-7-9-13/h1,5-9,11-12,14,16-17,20H,10H2,2-3H3,(H,22,23,24)/t14-,16-,17+,20-/m1/s1. The van der Waals surface area contributed by atoms with E-state index in [1.807, 2.05) is 36.6 Å². The summed E-state index contributed by atoms with van der Waals surface area (Å²) < 4.78 is 19.9. The van der Waals surface area contributed by atoms with Crippen molar-refractivity contribution in [2.75, 3.05) is 5.32 Å². The number of aromatic nitrogens is 4. The third-order valence-corrected chi connectivity index (χ3v) is 5.13. The molecule has 0 unspecified atom stereocenters. The lowest BCUT2D eigenvalue weighted by Crippen LogP contribution is -2.28. The highest BCUT2D eigenvalue weighted by Crippen LogP contribution is 2.43. The van der Waals surface area contributed by atoms with Crippen LogP contribution in [0.15, 0.2) is 43.0 Å². The number of anilines is 1. The average molecular weight is 391 g/mol. The van der Waals surface area contributed by atoms with E-state index < -0.39 is 18.1 Å². The Bertz CT molecular complexity index is 1070. The minimum atomic E-state index is -0.722. The normalized spacial score (nSPS) is 27.6. The van der Waals surface area contributed by atoms with Gasteiger partial charge in [-0.1, -0.05) is 36.3 Å². The molecule has 2 saturated heterocycles. The molecule has 0 radical (unpaired) electrons. The van der Waals surface area contributed by atoms with Crippen molar-refractivity contribution in [1.29, 1.82) is 0 Å². The zero-order valence-electron chi connectivity index (χ0n) is 16.1. The fourth-order valence-electron chi connectivity index (χ4n) is 3.88. The molecule has 2 aromatic heterocycles. The van der Waals surface area contributed by atoms with E-state index in [9.17, 15) is 0 Å². The Morgan fingerprint density at radius 2 is 1.93 bits per heavy atom. The van der Waals surface area contributed by atoms with Crippen molar-refractivity contribution in [3.8, 4) is 12.3 Å². The Kier molecular flexibility index (Phi) is 4.24. The van der Waals surface area contributed by atoms with Gasteiger partial charge in [0.1, 0.15) is 24.6 Å². The molecule has 8 nitrogen and oxygen atoms in total. The molecule has 4 atom stereocenters. The van der Waals surface area contributed by atoms with Crippen molar-refractivity contribution in [2.24, 2.45) is 0 Å². The van der Waals surface area contributed by atoms with Gasteiger partial charge >= 0.3 is 0 Å². The number of benzene rings is 1. The summed E-state index contributed by atoms with van der Waals surface area (Å²) in [5, 5.41) is 3.33. The maximum atomic E-state index is 6.08. The maximum Gasteiger partial charge on any atom is 0.167 e. The van der Waals surface area contributed by atoms with Crippen LogP contribution in [0.4, 0.5) is 5.82 Å². The molecule has 4 heterocycles. The van der Waals surface area contributed by atoms with E-state index in [0.29, 0.717) is 23.5 Å². The molecule has 3 aromatic rings. The summed E-state index contributed by atoms with van der Waals surface area (Å²) in [6.07, 6.45) is 7.18. The van der Waals surface area contributed by atoms with Crippen molar-refractivity contribution in [2.45, 2.75) is 50.7 Å². The van der Waals surface area contributed by atoms with Gasteiger partial charge in [0, 0.05) is 6.54 Å². The molecule has 2 fully saturated rings. The first kappa shape index (κ1) is 18.1. The number of fused-ring (bicyclic) bond motifs is 2. The van der Waals surface area contributed by atoms with Crippen molar-refractivity contribution >= 4 is 17.0 Å². The van der Waals surface area contributed by atoms with Gasteiger partial charge in [-0.2, -0.15) is 0 Å². The lowest BCUT2D eigenvalue weighted by atomic mass is 10.1.